The molecule has 1 saturated heterocycles. The van der Waals surface area contributed by atoms with E-state index in [1.807, 2.05) is 13.0 Å². The number of amides is 1. The first-order chi connectivity index (χ1) is 9.61. The number of aromatic nitrogens is 1. The summed E-state index contributed by atoms with van der Waals surface area (Å²) in [5.41, 5.74) is 6.64. The van der Waals surface area contributed by atoms with Gasteiger partial charge in [0.1, 0.15) is 16.9 Å². The molecule has 0 saturated carbocycles. The van der Waals surface area contributed by atoms with Gasteiger partial charge in [-0.1, -0.05) is 0 Å². The van der Waals surface area contributed by atoms with E-state index in [1.165, 1.54) is 0 Å². The molecule has 1 aromatic carbocycles. The largest absolute Gasteiger partial charge is 0.486 e. The van der Waals surface area contributed by atoms with Gasteiger partial charge in [0.25, 0.3) is 0 Å². The van der Waals surface area contributed by atoms with Gasteiger partial charge >= 0.3 is 0 Å². The number of aryl methyl sites for hydroxylation is 1. The van der Waals surface area contributed by atoms with Crippen molar-refractivity contribution in [2.75, 3.05) is 13.2 Å². The van der Waals surface area contributed by atoms with E-state index < -0.39 is 5.91 Å². The maximum atomic E-state index is 11.4. The lowest BCUT2D eigenvalue weighted by atomic mass is 10.1. The molecule has 20 heavy (non-hydrogen) atoms. The number of carbonyl (C=O) groups excluding carboxylic acids is 1. The number of primary amides is 1. The molecule has 1 aromatic heterocycles. The van der Waals surface area contributed by atoms with Crippen LogP contribution in [0.2, 0.25) is 0 Å². The van der Waals surface area contributed by atoms with Gasteiger partial charge in [-0.15, -0.1) is 11.3 Å². The summed E-state index contributed by atoms with van der Waals surface area (Å²) < 4.78 is 10.8. The van der Waals surface area contributed by atoms with Crippen molar-refractivity contribution in [2.24, 2.45) is 5.73 Å². The zero-order chi connectivity index (χ0) is 14.1. The molecule has 0 aliphatic carbocycles. The van der Waals surface area contributed by atoms with Crippen molar-refractivity contribution < 1.29 is 14.3 Å². The van der Waals surface area contributed by atoms with Crippen LogP contribution in [0, 0.1) is 6.92 Å². The third-order valence-electron chi connectivity index (χ3n) is 2.97. The van der Waals surface area contributed by atoms with E-state index >= 15 is 0 Å². The molecule has 3 rings (SSSR count). The van der Waals surface area contributed by atoms with Crippen molar-refractivity contribution in [2.45, 2.75) is 13.0 Å². The lowest BCUT2D eigenvalue weighted by molar-refractivity contribution is -0.0796. The lowest BCUT2D eigenvalue weighted by Gasteiger charge is -2.27. The van der Waals surface area contributed by atoms with Gasteiger partial charge in [0.05, 0.1) is 13.2 Å². The highest BCUT2D eigenvalue weighted by molar-refractivity contribution is 7.14. The van der Waals surface area contributed by atoms with Crippen LogP contribution in [-0.4, -0.2) is 30.2 Å². The second-order valence-electron chi connectivity index (χ2n) is 4.66. The van der Waals surface area contributed by atoms with Crippen LogP contribution in [0.15, 0.2) is 24.4 Å². The van der Waals surface area contributed by atoms with Crippen LogP contribution < -0.4 is 10.5 Å². The summed E-state index contributed by atoms with van der Waals surface area (Å²) in [5.74, 6) is 0.146. The van der Waals surface area contributed by atoms with E-state index in [4.69, 9.17) is 15.2 Å². The Bertz CT molecular complexity index is 650. The van der Waals surface area contributed by atoms with Crippen molar-refractivity contribution in [3.8, 4) is 16.3 Å². The summed E-state index contributed by atoms with van der Waals surface area (Å²) in [5, 5.41) is 0.848. The fraction of sp³-hybridized carbons (Fsp3) is 0.286. The van der Waals surface area contributed by atoms with Gasteiger partial charge in [0.2, 0.25) is 5.91 Å². The van der Waals surface area contributed by atoms with Crippen LogP contribution in [-0.2, 0) is 4.74 Å². The van der Waals surface area contributed by atoms with Crippen molar-refractivity contribution in [3.63, 3.8) is 0 Å². The molecule has 0 bridgehead atoms. The topological polar surface area (TPSA) is 74.4 Å². The number of thiazole rings is 1. The van der Waals surface area contributed by atoms with Gasteiger partial charge in [-0.05, 0) is 25.1 Å². The predicted octanol–water partition coefficient (Wildman–Crippen LogP) is 2.00. The second-order valence-corrected chi connectivity index (χ2v) is 5.90. The van der Waals surface area contributed by atoms with Crippen LogP contribution in [0.1, 0.15) is 15.2 Å². The Labute approximate surface area is 120 Å². The van der Waals surface area contributed by atoms with Gasteiger partial charge in [0, 0.05) is 22.2 Å². The quantitative estimate of drug-likeness (QED) is 0.934. The summed E-state index contributed by atoms with van der Waals surface area (Å²) in [4.78, 5) is 16.9. The summed E-state index contributed by atoms with van der Waals surface area (Å²) >= 11 is 1.57. The van der Waals surface area contributed by atoms with Crippen molar-refractivity contribution >= 4 is 17.2 Å². The molecule has 6 heteroatoms. The fourth-order valence-corrected chi connectivity index (χ4v) is 2.65. The van der Waals surface area contributed by atoms with E-state index in [-0.39, 0.29) is 6.10 Å². The molecular formula is C14H14N2O3S. The molecule has 2 N–H and O–H groups in total. The molecule has 0 unspecified atom stereocenters. The summed E-state index contributed by atoms with van der Waals surface area (Å²) in [7, 11) is 0. The van der Waals surface area contributed by atoms with Crippen LogP contribution in [0.25, 0.3) is 10.6 Å². The van der Waals surface area contributed by atoms with Crippen molar-refractivity contribution in [1.82, 2.24) is 4.98 Å². The third-order valence-corrected chi connectivity index (χ3v) is 3.93. The fourth-order valence-electron chi connectivity index (χ4n) is 1.90. The number of hydrogen-bond donors (Lipinski definition) is 1. The average Bonchev–Trinajstić information content (AvgIpc) is 2.80. The smallest absolute Gasteiger partial charge is 0.248 e. The normalized spacial score (nSPS) is 14.8. The molecule has 2 heterocycles. The number of rotatable bonds is 4. The Morgan fingerprint density at radius 3 is 2.80 bits per heavy atom. The number of hydrogen-bond acceptors (Lipinski definition) is 5. The first-order valence-corrected chi connectivity index (χ1v) is 7.05. The summed E-state index contributed by atoms with van der Waals surface area (Å²) in [6, 6.07) is 5.28. The van der Waals surface area contributed by atoms with Crippen molar-refractivity contribution in [3.05, 3.63) is 34.8 Å². The van der Waals surface area contributed by atoms with Crippen molar-refractivity contribution in [1.29, 1.82) is 0 Å². The first kappa shape index (κ1) is 13.1. The molecule has 0 spiro atoms. The number of nitrogens with zero attached hydrogens (tertiary/aromatic N) is 1. The minimum absolute atomic E-state index is 0.0454. The van der Waals surface area contributed by atoms with E-state index in [2.05, 4.69) is 4.98 Å². The summed E-state index contributed by atoms with van der Waals surface area (Å²) in [6.45, 7) is 3.14. The third kappa shape index (κ3) is 2.66. The standard InChI is InChI=1S/C14H14N2O3S/c1-8-5-16-14(20-8)10-2-9(13(15)17)3-11(4-10)19-12-6-18-7-12/h2-5,12H,6-7H2,1H3,(H2,15,17). The lowest BCUT2D eigenvalue weighted by Crippen LogP contribution is -2.38. The van der Waals surface area contributed by atoms with Gasteiger partial charge in [0.15, 0.2) is 0 Å². The first-order valence-electron chi connectivity index (χ1n) is 6.24. The molecule has 104 valence electrons. The highest BCUT2D eigenvalue weighted by atomic mass is 32.1. The SMILES string of the molecule is Cc1cnc(-c2cc(OC3COC3)cc(C(N)=O)c2)s1. The zero-order valence-corrected chi connectivity index (χ0v) is 11.8. The van der Waals surface area contributed by atoms with Gasteiger partial charge in [-0.3, -0.25) is 4.79 Å². The Morgan fingerprint density at radius 2 is 2.25 bits per heavy atom. The molecule has 5 nitrogen and oxygen atoms in total. The van der Waals surface area contributed by atoms with Gasteiger partial charge in [-0.25, -0.2) is 4.98 Å². The second kappa shape index (κ2) is 5.22. The van der Waals surface area contributed by atoms with E-state index in [1.54, 1.807) is 29.7 Å². The maximum absolute atomic E-state index is 11.4. The Balaban J connectivity index is 1.97. The number of nitrogens with two attached hydrogens (primary N) is 1. The highest BCUT2D eigenvalue weighted by Gasteiger charge is 2.21. The monoisotopic (exact) mass is 290 g/mol. The molecular weight excluding hydrogens is 276 g/mol. The van der Waals surface area contributed by atoms with Gasteiger partial charge in [-0.2, -0.15) is 0 Å². The highest BCUT2D eigenvalue weighted by Crippen LogP contribution is 2.30. The van der Waals surface area contributed by atoms with Crippen LogP contribution >= 0.6 is 11.3 Å². The Hall–Kier alpha value is -1.92. The number of ether oxygens (including phenoxy) is 2. The maximum Gasteiger partial charge on any atom is 0.248 e. The van der Waals surface area contributed by atoms with Gasteiger partial charge < -0.3 is 15.2 Å². The molecule has 1 amide bonds. The van der Waals surface area contributed by atoms with E-state index in [0.717, 1.165) is 15.4 Å². The molecule has 0 atom stereocenters. The van der Waals surface area contributed by atoms with Crippen LogP contribution in [0.3, 0.4) is 0 Å². The molecule has 1 aliphatic rings. The minimum Gasteiger partial charge on any atom is -0.486 e. The molecule has 1 aliphatic heterocycles. The van der Waals surface area contributed by atoms with E-state index in [9.17, 15) is 4.79 Å². The Kier molecular flexibility index (Phi) is 3.42. The Morgan fingerprint density at radius 1 is 1.45 bits per heavy atom. The minimum atomic E-state index is -0.477. The molecule has 1 fully saturated rings. The number of carbonyl (C=O) groups is 1. The molecule has 2 aromatic rings. The average molecular weight is 290 g/mol. The summed E-state index contributed by atoms with van der Waals surface area (Å²) in [6.07, 6.45) is 1.85. The zero-order valence-electron chi connectivity index (χ0n) is 11.0. The van der Waals surface area contributed by atoms with E-state index in [0.29, 0.717) is 24.5 Å². The van der Waals surface area contributed by atoms with Crippen LogP contribution in [0.4, 0.5) is 0 Å². The van der Waals surface area contributed by atoms with Crippen LogP contribution in [0.5, 0.6) is 5.75 Å². The predicted molar refractivity (Wildman–Crippen MR) is 76.0 cm³/mol. The number of benzene rings is 1. The molecule has 0 radical (unpaired) electrons.